The van der Waals surface area contributed by atoms with Gasteiger partial charge in [-0.15, -0.1) is 0 Å². The van der Waals surface area contributed by atoms with Crippen LogP contribution >= 0.6 is 11.8 Å². The fourth-order valence-corrected chi connectivity index (χ4v) is 3.11. The number of aromatic nitrogens is 1. The minimum Gasteiger partial charge on any atom is -0.349 e. The smallest absolute Gasteiger partial charge is 0.270 e. The van der Waals surface area contributed by atoms with E-state index in [0.717, 1.165) is 12.2 Å². The average molecular weight is 254 g/mol. The molecule has 17 heavy (non-hydrogen) atoms. The van der Waals surface area contributed by atoms with Gasteiger partial charge >= 0.3 is 0 Å². The number of nitrogens with zero attached hydrogens (tertiary/aromatic N) is 1. The van der Waals surface area contributed by atoms with Crippen molar-refractivity contribution >= 4 is 17.7 Å². The normalized spacial score (nSPS) is 23.6. The summed E-state index contributed by atoms with van der Waals surface area (Å²) in [6.07, 6.45) is 2.30. The van der Waals surface area contributed by atoms with Gasteiger partial charge in [-0.05, 0) is 37.7 Å². The monoisotopic (exact) mass is 254 g/mol. The van der Waals surface area contributed by atoms with Crippen molar-refractivity contribution in [3.05, 3.63) is 29.8 Å². The third-order valence-corrected chi connectivity index (χ3v) is 4.41. The van der Waals surface area contributed by atoms with Gasteiger partial charge in [-0.3, -0.25) is 4.79 Å². The summed E-state index contributed by atoms with van der Waals surface area (Å²) < 4.78 is 13.0. The molecule has 0 spiro atoms. The van der Waals surface area contributed by atoms with Crippen LogP contribution in [0.25, 0.3) is 0 Å². The lowest BCUT2D eigenvalue weighted by molar-refractivity contribution is 0.0944. The Kier molecular flexibility index (Phi) is 3.66. The van der Waals surface area contributed by atoms with E-state index < -0.39 is 5.95 Å². The van der Waals surface area contributed by atoms with Crippen molar-refractivity contribution in [1.29, 1.82) is 0 Å². The molecule has 1 N–H and O–H groups in total. The fourth-order valence-electron chi connectivity index (χ4n) is 1.87. The number of carbonyl (C=O) groups is 1. The molecule has 1 saturated heterocycles. The highest BCUT2D eigenvalue weighted by molar-refractivity contribution is 8.00. The first-order valence-electron chi connectivity index (χ1n) is 5.64. The Balaban J connectivity index is 1.93. The van der Waals surface area contributed by atoms with Crippen LogP contribution in [-0.2, 0) is 0 Å². The molecule has 0 saturated carbocycles. The molecule has 1 amide bonds. The van der Waals surface area contributed by atoms with E-state index in [0.29, 0.717) is 6.54 Å². The van der Waals surface area contributed by atoms with Crippen molar-refractivity contribution < 1.29 is 9.18 Å². The minimum absolute atomic E-state index is 0.114. The van der Waals surface area contributed by atoms with E-state index in [1.54, 1.807) is 0 Å². The van der Waals surface area contributed by atoms with Crippen LogP contribution in [0.1, 0.15) is 30.3 Å². The summed E-state index contributed by atoms with van der Waals surface area (Å²) in [4.78, 5) is 15.3. The predicted molar refractivity (Wildman–Crippen MR) is 66.6 cm³/mol. The number of carbonyl (C=O) groups excluding carboxylic acids is 1. The summed E-state index contributed by atoms with van der Waals surface area (Å²) in [7, 11) is 0. The van der Waals surface area contributed by atoms with E-state index >= 15 is 0 Å². The standard InChI is InChI=1S/C12H15FN2OS/c1-12(6-3-7-17-12)8-14-11(16)9-4-2-5-10(13)15-9/h2,4-5H,3,6-8H2,1H3,(H,14,16). The first-order chi connectivity index (χ1) is 8.09. The zero-order chi connectivity index (χ0) is 12.3. The van der Waals surface area contributed by atoms with E-state index in [9.17, 15) is 9.18 Å². The Morgan fingerprint density at radius 3 is 3.12 bits per heavy atom. The first kappa shape index (κ1) is 12.4. The third-order valence-electron chi connectivity index (χ3n) is 2.87. The minimum atomic E-state index is -0.626. The van der Waals surface area contributed by atoms with Crippen molar-refractivity contribution in [3.63, 3.8) is 0 Å². The molecule has 3 nitrogen and oxygen atoms in total. The summed E-state index contributed by atoms with van der Waals surface area (Å²) in [5.74, 6) is 0.210. The summed E-state index contributed by atoms with van der Waals surface area (Å²) in [6.45, 7) is 2.75. The summed E-state index contributed by atoms with van der Waals surface area (Å²) in [5, 5.41) is 2.82. The zero-order valence-electron chi connectivity index (χ0n) is 9.70. The number of pyridine rings is 1. The van der Waals surface area contributed by atoms with E-state index in [4.69, 9.17) is 0 Å². The number of nitrogens with one attached hydrogen (secondary N) is 1. The molecule has 0 bridgehead atoms. The quantitative estimate of drug-likeness (QED) is 0.841. The molecule has 0 aliphatic carbocycles. The Labute approximate surface area is 104 Å². The van der Waals surface area contributed by atoms with Crippen LogP contribution in [0.5, 0.6) is 0 Å². The number of halogens is 1. The molecule has 1 aromatic heterocycles. The van der Waals surface area contributed by atoms with E-state index in [1.807, 2.05) is 11.8 Å². The fraction of sp³-hybridized carbons (Fsp3) is 0.500. The van der Waals surface area contributed by atoms with Crippen LogP contribution in [0.15, 0.2) is 18.2 Å². The summed E-state index contributed by atoms with van der Waals surface area (Å²) >= 11 is 1.88. The van der Waals surface area contributed by atoms with Gasteiger partial charge in [-0.2, -0.15) is 16.2 Å². The second kappa shape index (κ2) is 5.04. The zero-order valence-corrected chi connectivity index (χ0v) is 10.5. The largest absolute Gasteiger partial charge is 0.349 e. The van der Waals surface area contributed by atoms with Crippen molar-refractivity contribution in [2.45, 2.75) is 24.5 Å². The lowest BCUT2D eigenvalue weighted by Crippen LogP contribution is -2.37. The van der Waals surface area contributed by atoms with Crippen molar-refractivity contribution in [3.8, 4) is 0 Å². The molecular weight excluding hydrogens is 239 g/mol. The van der Waals surface area contributed by atoms with Crippen LogP contribution in [0.4, 0.5) is 4.39 Å². The first-order valence-corrected chi connectivity index (χ1v) is 6.62. The highest BCUT2D eigenvalue weighted by atomic mass is 32.2. The Morgan fingerprint density at radius 1 is 1.65 bits per heavy atom. The molecule has 92 valence electrons. The van der Waals surface area contributed by atoms with Gasteiger partial charge in [0.2, 0.25) is 5.95 Å². The van der Waals surface area contributed by atoms with Crippen molar-refractivity contribution in [2.24, 2.45) is 0 Å². The highest BCUT2D eigenvalue weighted by Gasteiger charge is 2.29. The van der Waals surface area contributed by atoms with Crippen LogP contribution in [-0.4, -0.2) is 27.9 Å². The Bertz CT molecular complexity index is 419. The summed E-state index contributed by atoms with van der Waals surface area (Å²) in [5.41, 5.74) is 0.136. The molecule has 2 heterocycles. The summed E-state index contributed by atoms with van der Waals surface area (Å²) in [6, 6.07) is 4.23. The number of hydrogen-bond acceptors (Lipinski definition) is 3. The van der Waals surface area contributed by atoms with E-state index in [2.05, 4.69) is 17.2 Å². The van der Waals surface area contributed by atoms with E-state index in [1.165, 1.54) is 24.6 Å². The number of rotatable bonds is 3. The molecular formula is C12H15FN2OS. The van der Waals surface area contributed by atoms with Gasteiger partial charge < -0.3 is 5.32 Å². The molecule has 5 heteroatoms. The van der Waals surface area contributed by atoms with Crippen molar-refractivity contribution in [1.82, 2.24) is 10.3 Å². The number of hydrogen-bond donors (Lipinski definition) is 1. The number of amides is 1. The average Bonchev–Trinajstić information content (AvgIpc) is 2.74. The van der Waals surface area contributed by atoms with E-state index in [-0.39, 0.29) is 16.3 Å². The maximum atomic E-state index is 12.8. The Morgan fingerprint density at radius 2 is 2.47 bits per heavy atom. The molecule has 0 aromatic carbocycles. The van der Waals surface area contributed by atoms with Crippen molar-refractivity contribution in [2.75, 3.05) is 12.3 Å². The van der Waals surface area contributed by atoms with Gasteiger partial charge in [-0.25, -0.2) is 4.98 Å². The second-order valence-corrected chi connectivity index (χ2v) is 6.11. The van der Waals surface area contributed by atoms with Gasteiger partial charge in [0.25, 0.3) is 5.91 Å². The highest BCUT2D eigenvalue weighted by Crippen LogP contribution is 2.36. The van der Waals surface area contributed by atoms with Crippen LogP contribution in [0.3, 0.4) is 0 Å². The van der Waals surface area contributed by atoms with Crippen LogP contribution in [0, 0.1) is 5.95 Å². The molecule has 1 unspecified atom stereocenters. The SMILES string of the molecule is CC1(CNC(=O)c2cccc(F)n2)CCCS1. The van der Waals surface area contributed by atoms with Gasteiger partial charge in [-0.1, -0.05) is 6.07 Å². The lowest BCUT2D eigenvalue weighted by Gasteiger charge is -2.22. The molecule has 0 radical (unpaired) electrons. The molecule has 1 aliphatic rings. The van der Waals surface area contributed by atoms with Crippen LogP contribution in [0.2, 0.25) is 0 Å². The van der Waals surface area contributed by atoms with Gasteiger partial charge in [0, 0.05) is 11.3 Å². The predicted octanol–water partition coefficient (Wildman–Crippen LogP) is 2.24. The lowest BCUT2D eigenvalue weighted by atomic mass is 10.1. The molecule has 1 aromatic rings. The van der Waals surface area contributed by atoms with Gasteiger partial charge in [0.1, 0.15) is 5.69 Å². The van der Waals surface area contributed by atoms with Gasteiger partial charge in [0.15, 0.2) is 0 Å². The number of thioether (sulfide) groups is 1. The molecule has 1 fully saturated rings. The third kappa shape index (κ3) is 3.19. The topological polar surface area (TPSA) is 42.0 Å². The Hall–Kier alpha value is -1.10. The maximum Gasteiger partial charge on any atom is 0.270 e. The molecule has 1 atom stereocenters. The molecule has 1 aliphatic heterocycles. The van der Waals surface area contributed by atoms with Gasteiger partial charge in [0.05, 0.1) is 0 Å². The second-order valence-electron chi connectivity index (χ2n) is 4.43. The molecule has 2 rings (SSSR count). The van der Waals surface area contributed by atoms with Crippen LogP contribution < -0.4 is 5.32 Å². The maximum absolute atomic E-state index is 12.8.